The molecule has 0 amide bonds. The van der Waals surface area contributed by atoms with E-state index in [0.29, 0.717) is 13.1 Å². The number of carboxylic acid groups (broad SMARTS) is 1. The van der Waals surface area contributed by atoms with Gasteiger partial charge in [0.25, 0.3) is 0 Å². The van der Waals surface area contributed by atoms with Gasteiger partial charge in [-0.15, -0.1) is 12.4 Å². The van der Waals surface area contributed by atoms with Gasteiger partial charge in [0.05, 0.1) is 34.0 Å². The fraction of sp³-hybridized carbons (Fsp3) is 0.312. The number of rotatable bonds is 13. The number of hydrogen-bond donors (Lipinski definition) is 7. The first-order chi connectivity index (χ1) is 21.7. The number of nitrogens with two attached hydrogens (primary N) is 1. The summed E-state index contributed by atoms with van der Waals surface area (Å²) >= 11 is 0. The Bertz CT molecular complexity index is 1240. The molecule has 3 rings (SSSR count). The van der Waals surface area contributed by atoms with Crippen LogP contribution in [0, 0.1) is 0 Å². The van der Waals surface area contributed by atoms with Gasteiger partial charge in [0, 0.05) is 27.1 Å². The molecule has 0 aliphatic carbocycles. The third-order valence-corrected chi connectivity index (χ3v) is 5.58. The van der Waals surface area contributed by atoms with Crippen molar-refractivity contribution in [3.63, 3.8) is 0 Å². The monoisotopic (exact) mass is 740 g/mol. The second kappa shape index (κ2) is 39.6. The number of ether oxygens (including phenoxy) is 2. The standard InChI is InChI=1S/C11H15NO3.C10H13NO3.C7H6O.C4H9NO3.B.ClH.2Na.H2O.H/c1-15-11(14)10(8-13)12-7-9-5-3-2-4-6-9;12-7-9(10(13)14)11-6-8-4-2-1-3-5-8;8-6-7-4-2-1-3-5-7;1-8-4(7)3(5)2-6;;;;;;/h2-6,10,12-13H,7-8H2,1H3;1-5,9,11-12H,6-7H2,(H,13,14);1-6H;3,6H,2,5H2,1H3;;1H;;;1H2;/q;;;;;;2*+1;;-1/p-1/t10-;9-;;3-;;;;;;/m00.0....../s1. The molecule has 0 saturated carbocycles. The molecule has 3 aromatic carbocycles. The fourth-order valence-electron chi connectivity index (χ4n) is 3.03. The van der Waals surface area contributed by atoms with E-state index in [9.17, 15) is 19.2 Å². The normalized spacial score (nSPS) is 10.5. The van der Waals surface area contributed by atoms with Crippen LogP contribution in [0.1, 0.15) is 22.9 Å². The van der Waals surface area contributed by atoms with Gasteiger partial charge in [0.1, 0.15) is 24.4 Å². The van der Waals surface area contributed by atoms with Gasteiger partial charge in [-0.25, -0.2) is 0 Å². The van der Waals surface area contributed by atoms with Crippen molar-refractivity contribution in [1.29, 1.82) is 0 Å². The first-order valence-electron chi connectivity index (χ1n) is 13.7. The Morgan fingerprint density at radius 1 is 0.720 bits per heavy atom. The molecule has 0 unspecified atom stereocenters. The molecular weight excluding hydrogens is 695 g/mol. The second-order valence-corrected chi connectivity index (χ2v) is 8.91. The van der Waals surface area contributed by atoms with Crippen LogP contribution in [0.25, 0.3) is 0 Å². The number of aliphatic hydroxyl groups excluding tert-OH is 3. The number of carbonyl (C=O) groups is 4. The van der Waals surface area contributed by atoms with Gasteiger partial charge >= 0.3 is 77.0 Å². The van der Waals surface area contributed by atoms with E-state index in [-0.39, 0.29) is 100 Å². The van der Waals surface area contributed by atoms with Crippen LogP contribution in [0.3, 0.4) is 0 Å². The number of hydrogen-bond acceptors (Lipinski definition) is 13. The van der Waals surface area contributed by atoms with Crippen molar-refractivity contribution in [1.82, 2.24) is 10.6 Å². The Morgan fingerprint density at radius 2 is 1.08 bits per heavy atom. The van der Waals surface area contributed by atoms with Crippen LogP contribution >= 0.6 is 12.4 Å². The summed E-state index contributed by atoms with van der Waals surface area (Å²) in [6, 6.07) is 25.7. The topological polar surface area (TPSA) is 248 Å². The summed E-state index contributed by atoms with van der Waals surface area (Å²) in [6.07, 6.45) is 0.833. The van der Waals surface area contributed by atoms with E-state index < -0.39 is 42.6 Å². The number of methoxy groups -OCH3 is 2. The van der Waals surface area contributed by atoms with E-state index in [2.05, 4.69) is 20.1 Å². The number of esters is 2. The quantitative estimate of drug-likeness (QED) is 0.0491. The molecule has 3 radical (unpaired) electrons. The minimum atomic E-state index is -1.04. The molecule has 0 spiro atoms. The Morgan fingerprint density at radius 3 is 1.34 bits per heavy atom. The van der Waals surface area contributed by atoms with Gasteiger partial charge in [-0.05, 0) is 11.1 Å². The maximum Gasteiger partial charge on any atom is 1.00 e. The summed E-state index contributed by atoms with van der Waals surface area (Å²) in [7, 11) is 2.52. The predicted octanol–water partition coefficient (Wildman–Crippen LogP) is -5.51. The zero-order valence-corrected chi connectivity index (χ0v) is 33.6. The number of aliphatic hydroxyl groups is 3. The Kier molecular flexibility index (Phi) is 47.5. The number of carboxylic acids is 1. The van der Waals surface area contributed by atoms with Crippen molar-refractivity contribution in [3.8, 4) is 0 Å². The summed E-state index contributed by atoms with van der Waals surface area (Å²) in [6.45, 7) is -0.0616. The summed E-state index contributed by atoms with van der Waals surface area (Å²) < 4.78 is 8.71. The van der Waals surface area contributed by atoms with Crippen molar-refractivity contribution in [2.24, 2.45) is 5.73 Å². The molecule has 0 heterocycles. The first-order valence-corrected chi connectivity index (χ1v) is 13.7. The zero-order chi connectivity index (χ0) is 33.9. The summed E-state index contributed by atoms with van der Waals surface area (Å²) in [5, 5.41) is 40.2. The van der Waals surface area contributed by atoms with Gasteiger partial charge in [-0.2, -0.15) is 0 Å². The molecule has 0 bridgehead atoms. The van der Waals surface area contributed by atoms with Crippen LogP contribution in [-0.4, -0.2) is 111 Å². The van der Waals surface area contributed by atoms with Gasteiger partial charge in [0.15, 0.2) is 0 Å². The Labute approximate surface area is 346 Å². The maximum atomic E-state index is 11.1. The largest absolute Gasteiger partial charge is 1.00 e. The van der Waals surface area contributed by atoms with Gasteiger partial charge < -0.3 is 42.5 Å². The van der Waals surface area contributed by atoms with E-state index in [0.717, 1.165) is 23.0 Å². The van der Waals surface area contributed by atoms with Gasteiger partial charge in [-0.3, -0.25) is 29.8 Å². The maximum absolute atomic E-state index is 11.1. The van der Waals surface area contributed by atoms with Crippen LogP contribution in [0.2, 0.25) is 0 Å². The number of benzene rings is 3. The smallest absolute Gasteiger partial charge is 1.00 e. The fourth-order valence-corrected chi connectivity index (χ4v) is 3.03. The molecule has 3 aromatic rings. The van der Waals surface area contributed by atoms with Crippen molar-refractivity contribution in [2.45, 2.75) is 31.2 Å². The molecular formula is C32H46BClN3Na2O11. The molecule has 0 aliphatic heterocycles. The minimum Gasteiger partial charge on any atom is -1.00 e. The number of aliphatic carboxylic acids is 1. The average Bonchev–Trinajstić information content (AvgIpc) is 3.09. The van der Waals surface area contributed by atoms with Gasteiger partial charge in [0.2, 0.25) is 0 Å². The van der Waals surface area contributed by atoms with E-state index >= 15 is 0 Å². The third kappa shape index (κ3) is 29.5. The Hall–Kier alpha value is -2.19. The first kappa shape index (κ1) is 59.9. The molecule has 0 aliphatic rings. The van der Waals surface area contributed by atoms with Crippen LogP contribution < -0.4 is 75.5 Å². The number of halogens is 1. The van der Waals surface area contributed by atoms with Crippen molar-refractivity contribution in [2.75, 3.05) is 34.0 Å². The van der Waals surface area contributed by atoms with E-state index in [1.54, 1.807) is 12.1 Å². The van der Waals surface area contributed by atoms with Crippen molar-refractivity contribution in [3.05, 3.63) is 108 Å². The molecule has 18 heteroatoms. The van der Waals surface area contributed by atoms with E-state index in [1.807, 2.05) is 78.9 Å². The second-order valence-electron chi connectivity index (χ2n) is 8.91. The summed E-state index contributed by atoms with van der Waals surface area (Å²) in [5.74, 6) is -2.08. The predicted molar refractivity (Wildman–Crippen MR) is 183 cm³/mol. The number of aldehydes is 1. The molecule has 9 N–H and O–H groups in total. The SMILES string of the molecule is COC(=O)[C@@H](N)CO.COC(=O)[C@H](CO)NCc1ccccc1.Cl.O=C(O)[C@H](CO)NCc1ccccc1.O=Cc1ccccc1.[B].[H-].[Na+].[Na+].[OH-]. The molecule has 14 nitrogen and oxygen atoms in total. The minimum absolute atomic E-state index is 0. The Balaban J connectivity index is -0.000000101. The molecule has 0 fully saturated rings. The summed E-state index contributed by atoms with van der Waals surface area (Å²) in [5.41, 5.74) is 7.78. The molecule has 0 aromatic heterocycles. The van der Waals surface area contributed by atoms with Crippen LogP contribution in [0.15, 0.2) is 91.0 Å². The van der Waals surface area contributed by atoms with E-state index in [4.69, 9.17) is 26.2 Å². The zero-order valence-electron chi connectivity index (χ0n) is 29.8. The molecule has 3 atom stereocenters. The number of nitrogens with one attached hydrogen (secondary N) is 2. The van der Waals surface area contributed by atoms with Crippen LogP contribution in [-0.2, 0) is 36.9 Å². The molecule has 0 saturated heterocycles. The molecule has 50 heavy (non-hydrogen) atoms. The van der Waals surface area contributed by atoms with Crippen molar-refractivity contribution < 1.29 is 115 Å². The average molecular weight is 741 g/mol. The van der Waals surface area contributed by atoms with E-state index in [1.165, 1.54) is 14.2 Å². The van der Waals surface area contributed by atoms with Crippen molar-refractivity contribution >= 4 is 45.0 Å². The van der Waals surface area contributed by atoms with Crippen LogP contribution in [0.4, 0.5) is 0 Å². The van der Waals surface area contributed by atoms with Gasteiger partial charge in [-0.1, -0.05) is 91.0 Å². The molecule has 267 valence electrons. The van der Waals surface area contributed by atoms with Crippen LogP contribution in [0.5, 0.6) is 0 Å². The summed E-state index contributed by atoms with van der Waals surface area (Å²) in [4.78, 5) is 41.9. The number of carbonyl (C=O) groups excluding carboxylic acids is 3. The third-order valence-electron chi connectivity index (χ3n) is 5.58.